The Morgan fingerprint density at radius 1 is 1.36 bits per heavy atom. The lowest BCUT2D eigenvalue weighted by atomic mass is 10.1. The molecular formula is C15H18BrN3O2S. The van der Waals surface area contributed by atoms with Crippen LogP contribution in [0, 0.1) is 0 Å². The Morgan fingerprint density at radius 2 is 2.05 bits per heavy atom. The fourth-order valence-electron chi connectivity index (χ4n) is 2.73. The number of amides is 1. The molecule has 3 heterocycles. The molecule has 2 aromatic heterocycles. The van der Waals surface area contributed by atoms with Crippen LogP contribution in [0.25, 0.3) is 10.1 Å². The van der Waals surface area contributed by atoms with Gasteiger partial charge in [-0.05, 0) is 55.0 Å². The third-order valence-corrected chi connectivity index (χ3v) is 6.12. The minimum Gasteiger partial charge on any atom is -0.349 e. The molecule has 0 saturated carbocycles. The van der Waals surface area contributed by atoms with Crippen LogP contribution in [-0.2, 0) is 7.05 Å². The number of rotatable bonds is 2. The first kappa shape index (κ1) is 15.7. The molecule has 5 nitrogen and oxygen atoms in total. The predicted molar refractivity (Wildman–Crippen MR) is 92.8 cm³/mol. The van der Waals surface area contributed by atoms with E-state index in [0.717, 1.165) is 35.1 Å². The number of hydrogen-bond acceptors (Lipinski definition) is 4. The highest BCUT2D eigenvalue weighted by Crippen LogP contribution is 2.30. The Labute approximate surface area is 141 Å². The van der Waals surface area contributed by atoms with E-state index >= 15 is 0 Å². The van der Waals surface area contributed by atoms with E-state index in [1.165, 1.54) is 15.9 Å². The number of pyridine rings is 1. The number of carbonyl (C=O) groups excluding carboxylic acids is 1. The monoisotopic (exact) mass is 383 g/mol. The van der Waals surface area contributed by atoms with Crippen molar-refractivity contribution in [1.29, 1.82) is 0 Å². The smallest absolute Gasteiger partial charge is 0.261 e. The molecule has 0 radical (unpaired) electrons. The molecule has 1 N–H and O–H groups in total. The largest absolute Gasteiger partial charge is 0.349 e. The van der Waals surface area contributed by atoms with Gasteiger partial charge in [-0.1, -0.05) is 0 Å². The predicted octanol–water partition coefficient (Wildman–Crippen LogP) is 2.19. The fourth-order valence-corrected chi connectivity index (χ4v) is 4.44. The fraction of sp³-hybridized carbons (Fsp3) is 0.467. The van der Waals surface area contributed by atoms with Crippen molar-refractivity contribution in [3.63, 3.8) is 0 Å². The van der Waals surface area contributed by atoms with Crippen molar-refractivity contribution in [3.8, 4) is 0 Å². The second-order valence-corrected chi connectivity index (χ2v) is 7.70. The zero-order valence-corrected chi connectivity index (χ0v) is 15.0. The molecule has 0 aromatic carbocycles. The molecule has 0 unspecified atom stereocenters. The van der Waals surface area contributed by atoms with Crippen molar-refractivity contribution in [3.05, 3.63) is 32.0 Å². The number of piperidine rings is 1. The first-order chi connectivity index (χ1) is 10.5. The molecule has 3 rings (SSSR count). The number of aromatic nitrogens is 1. The summed E-state index contributed by atoms with van der Waals surface area (Å²) in [5.41, 5.74) is -0.0761. The molecule has 22 heavy (non-hydrogen) atoms. The molecule has 118 valence electrons. The molecule has 0 bridgehead atoms. The summed E-state index contributed by atoms with van der Waals surface area (Å²) in [6.07, 6.45) is 3.68. The lowest BCUT2D eigenvalue weighted by Gasteiger charge is -2.29. The van der Waals surface area contributed by atoms with Gasteiger partial charge in [0.1, 0.15) is 0 Å². The van der Waals surface area contributed by atoms with Crippen molar-refractivity contribution in [2.45, 2.75) is 18.9 Å². The molecule has 0 atom stereocenters. The first-order valence-corrected chi connectivity index (χ1v) is 8.84. The van der Waals surface area contributed by atoms with E-state index in [0.29, 0.717) is 10.3 Å². The van der Waals surface area contributed by atoms with E-state index in [-0.39, 0.29) is 17.5 Å². The summed E-state index contributed by atoms with van der Waals surface area (Å²) in [7, 11) is 3.81. The van der Waals surface area contributed by atoms with E-state index in [2.05, 4.69) is 33.2 Å². The van der Waals surface area contributed by atoms with Crippen LogP contribution in [0.3, 0.4) is 0 Å². The minimum atomic E-state index is -0.0790. The molecule has 1 saturated heterocycles. The Kier molecular flexibility index (Phi) is 4.38. The van der Waals surface area contributed by atoms with Crippen LogP contribution in [0.4, 0.5) is 0 Å². The number of carbonyl (C=O) groups is 1. The number of nitrogens with one attached hydrogen (secondary N) is 1. The molecule has 2 aromatic rings. The molecule has 1 aliphatic heterocycles. The second-order valence-electron chi connectivity index (χ2n) is 5.80. The number of likely N-dealkylation sites (tertiary alicyclic amines) is 1. The summed E-state index contributed by atoms with van der Waals surface area (Å²) in [5, 5.41) is 3.68. The normalized spacial score (nSPS) is 17.0. The molecule has 1 fully saturated rings. The lowest BCUT2D eigenvalue weighted by Crippen LogP contribution is -2.43. The maximum absolute atomic E-state index is 12.4. The quantitative estimate of drug-likeness (QED) is 0.864. The van der Waals surface area contributed by atoms with Crippen molar-refractivity contribution >= 4 is 43.3 Å². The Morgan fingerprint density at radius 3 is 2.73 bits per heavy atom. The molecule has 1 aliphatic rings. The summed E-state index contributed by atoms with van der Waals surface area (Å²) in [5.74, 6) is -0.0790. The van der Waals surface area contributed by atoms with Crippen LogP contribution >= 0.6 is 27.3 Å². The second kappa shape index (κ2) is 6.14. The van der Waals surface area contributed by atoms with Gasteiger partial charge in [0.05, 0.1) is 19.4 Å². The van der Waals surface area contributed by atoms with Crippen LogP contribution in [0.15, 0.2) is 21.5 Å². The molecular weight excluding hydrogens is 366 g/mol. The molecule has 0 aliphatic carbocycles. The first-order valence-electron chi connectivity index (χ1n) is 7.24. The van der Waals surface area contributed by atoms with Crippen LogP contribution in [0.5, 0.6) is 0 Å². The Hall–Kier alpha value is -1.18. The van der Waals surface area contributed by atoms with Crippen LogP contribution < -0.4 is 10.9 Å². The van der Waals surface area contributed by atoms with E-state index < -0.39 is 0 Å². The van der Waals surface area contributed by atoms with Crippen LogP contribution in [0.2, 0.25) is 0 Å². The average molecular weight is 384 g/mol. The highest BCUT2D eigenvalue weighted by atomic mass is 79.9. The third-order valence-electron chi connectivity index (χ3n) is 4.08. The summed E-state index contributed by atoms with van der Waals surface area (Å²) < 4.78 is 3.20. The maximum atomic E-state index is 12.4. The van der Waals surface area contributed by atoms with Crippen LogP contribution in [0.1, 0.15) is 22.5 Å². The minimum absolute atomic E-state index is 0.0761. The van der Waals surface area contributed by atoms with Gasteiger partial charge in [-0.3, -0.25) is 9.59 Å². The van der Waals surface area contributed by atoms with Crippen molar-refractivity contribution in [2.75, 3.05) is 20.1 Å². The van der Waals surface area contributed by atoms with Crippen LogP contribution in [-0.4, -0.2) is 41.6 Å². The van der Waals surface area contributed by atoms with Crippen molar-refractivity contribution in [2.24, 2.45) is 7.05 Å². The van der Waals surface area contributed by atoms with Crippen molar-refractivity contribution in [1.82, 2.24) is 14.8 Å². The zero-order valence-electron chi connectivity index (χ0n) is 12.6. The van der Waals surface area contributed by atoms with E-state index in [1.807, 2.05) is 0 Å². The number of halogens is 1. The maximum Gasteiger partial charge on any atom is 0.261 e. The summed E-state index contributed by atoms with van der Waals surface area (Å²) in [6, 6.07) is 1.93. The number of thiophene rings is 1. The highest BCUT2D eigenvalue weighted by molar-refractivity contribution is 9.10. The van der Waals surface area contributed by atoms with Gasteiger partial charge in [0.2, 0.25) is 0 Å². The van der Waals surface area contributed by atoms with E-state index in [1.54, 1.807) is 19.3 Å². The molecule has 7 heteroatoms. The Bertz CT molecular complexity index is 775. The highest BCUT2D eigenvalue weighted by Gasteiger charge is 2.21. The molecule has 1 amide bonds. The summed E-state index contributed by atoms with van der Waals surface area (Å²) in [6.45, 7) is 2.01. The third kappa shape index (κ3) is 2.98. The van der Waals surface area contributed by atoms with Gasteiger partial charge in [0, 0.05) is 19.3 Å². The van der Waals surface area contributed by atoms with E-state index in [4.69, 9.17) is 0 Å². The number of hydrogen-bond donors (Lipinski definition) is 1. The van der Waals surface area contributed by atoms with E-state index in [9.17, 15) is 9.59 Å². The number of fused-ring (bicyclic) bond motifs is 1. The number of aryl methyl sites for hydroxylation is 1. The van der Waals surface area contributed by atoms with Crippen molar-refractivity contribution < 1.29 is 4.79 Å². The van der Waals surface area contributed by atoms with Gasteiger partial charge in [0.25, 0.3) is 11.5 Å². The zero-order chi connectivity index (χ0) is 15.9. The van der Waals surface area contributed by atoms with Gasteiger partial charge in [-0.15, -0.1) is 11.3 Å². The number of nitrogens with zero attached hydrogens (tertiary/aromatic N) is 2. The standard InChI is InChI=1S/C15H18BrN3O2S/c1-18-5-3-9(4-6-18)17-14(20)12-7-10-13(22-12)11(16)8-19(2)15(10)21/h7-9H,3-6H2,1-2H3,(H,17,20). The average Bonchev–Trinajstić information content (AvgIpc) is 2.93. The van der Waals surface area contributed by atoms with Gasteiger partial charge in [-0.2, -0.15) is 0 Å². The van der Waals surface area contributed by atoms with Gasteiger partial charge in [-0.25, -0.2) is 0 Å². The summed E-state index contributed by atoms with van der Waals surface area (Å²) >= 11 is 4.82. The van der Waals surface area contributed by atoms with Gasteiger partial charge < -0.3 is 14.8 Å². The Balaban J connectivity index is 1.84. The molecule has 0 spiro atoms. The topological polar surface area (TPSA) is 54.3 Å². The lowest BCUT2D eigenvalue weighted by molar-refractivity contribution is 0.0921. The SMILES string of the molecule is CN1CCC(NC(=O)c2cc3c(=O)n(C)cc(Br)c3s2)CC1. The summed E-state index contributed by atoms with van der Waals surface area (Å²) in [4.78, 5) is 27.4. The van der Waals surface area contributed by atoms with Gasteiger partial charge >= 0.3 is 0 Å². The van der Waals surface area contributed by atoms with Gasteiger partial charge in [0.15, 0.2) is 0 Å².